The van der Waals surface area contributed by atoms with Crippen molar-refractivity contribution in [1.82, 2.24) is 14.6 Å². The molecule has 1 aliphatic carbocycles. The predicted molar refractivity (Wildman–Crippen MR) is 78.3 cm³/mol. The van der Waals surface area contributed by atoms with Gasteiger partial charge in [0.05, 0.1) is 21.9 Å². The Kier molecular flexibility index (Phi) is 2.59. The minimum absolute atomic E-state index is 0.544. The molecule has 0 aliphatic heterocycles. The summed E-state index contributed by atoms with van der Waals surface area (Å²) in [4.78, 5) is 5.54. The second kappa shape index (κ2) is 4.20. The minimum atomic E-state index is 0.544. The molecule has 6 heteroatoms. The standard InChI is InChI=1S/C13H9Cl2N3S/c14-9-4-3-8(5-10(9)15)11-6-18-13(16-11)19-12(17-18)7-1-2-7/h3-7H,1-2H2. The molecule has 3 aromatic rings. The van der Waals surface area contributed by atoms with Crippen molar-refractivity contribution in [2.75, 3.05) is 0 Å². The summed E-state index contributed by atoms with van der Waals surface area (Å²) in [6.07, 6.45) is 4.46. The zero-order valence-corrected chi connectivity index (χ0v) is 12.1. The van der Waals surface area contributed by atoms with E-state index < -0.39 is 0 Å². The summed E-state index contributed by atoms with van der Waals surface area (Å²) in [5, 5.41) is 6.87. The maximum atomic E-state index is 6.03. The average Bonchev–Trinajstić information content (AvgIpc) is 3.04. The molecule has 2 heterocycles. The zero-order valence-electron chi connectivity index (χ0n) is 9.81. The highest BCUT2D eigenvalue weighted by Crippen LogP contribution is 2.42. The fourth-order valence-corrected chi connectivity index (χ4v) is 3.35. The smallest absolute Gasteiger partial charge is 0.212 e. The summed E-state index contributed by atoms with van der Waals surface area (Å²) in [6, 6.07) is 5.54. The van der Waals surface area contributed by atoms with E-state index in [1.165, 1.54) is 17.8 Å². The van der Waals surface area contributed by atoms with E-state index in [9.17, 15) is 0 Å². The molecule has 0 atom stereocenters. The predicted octanol–water partition coefficient (Wildman–Crippen LogP) is 4.64. The topological polar surface area (TPSA) is 30.2 Å². The van der Waals surface area contributed by atoms with Gasteiger partial charge in [-0.05, 0) is 25.0 Å². The van der Waals surface area contributed by atoms with Crippen molar-refractivity contribution in [3.05, 3.63) is 39.4 Å². The Morgan fingerprint density at radius 2 is 2.05 bits per heavy atom. The maximum Gasteiger partial charge on any atom is 0.212 e. The van der Waals surface area contributed by atoms with Crippen molar-refractivity contribution < 1.29 is 0 Å². The van der Waals surface area contributed by atoms with Gasteiger partial charge >= 0.3 is 0 Å². The Labute approximate surface area is 123 Å². The molecule has 96 valence electrons. The quantitative estimate of drug-likeness (QED) is 0.690. The Hall–Kier alpha value is -1.10. The third-order valence-electron chi connectivity index (χ3n) is 3.20. The Balaban J connectivity index is 1.77. The van der Waals surface area contributed by atoms with E-state index in [-0.39, 0.29) is 0 Å². The Morgan fingerprint density at radius 3 is 2.74 bits per heavy atom. The molecule has 0 saturated heterocycles. The number of hydrogen-bond donors (Lipinski definition) is 0. The number of aromatic nitrogens is 3. The fraction of sp³-hybridized carbons (Fsp3) is 0.231. The van der Waals surface area contributed by atoms with Crippen LogP contribution >= 0.6 is 34.5 Å². The molecule has 1 aromatic carbocycles. The molecule has 19 heavy (non-hydrogen) atoms. The molecule has 1 saturated carbocycles. The monoisotopic (exact) mass is 309 g/mol. The largest absolute Gasteiger partial charge is 0.217 e. The van der Waals surface area contributed by atoms with Crippen molar-refractivity contribution >= 4 is 39.5 Å². The lowest BCUT2D eigenvalue weighted by Crippen LogP contribution is -1.83. The van der Waals surface area contributed by atoms with Crippen LogP contribution in [-0.4, -0.2) is 14.6 Å². The van der Waals surface area contributed by atoms with Crippen LogP contribution in [0.15, 0.2) is 24.4 Å². The van der Waals surface area contributed by atoms with Gasteiger partial charge in [0.2, 0.25) is 4.96 Å². The van der Waals surface area contributed by atoms with E-state index in [1.807, 2.05) is 22.8 Å². The Bertz CT molecular complexity index is 742. The first-order valence-corrected chi connectivity index (χ1v) is 7.59. The van der Waals surface area contributed by atoms with Crippen molar-refractivity contribution in [3.8, 4) is 11.3 Å². The summed E-state index contributed by atoms with van der Waals surface area (Å²) in [7, 11) is 0. The second-order valence-electron chi connectivity index (χ2n) is 4.70. The Morgan fingerprint density at radius 1 is 1.21 bits per heavy atom. The molecule has 2 aromatic heterocycles. The van der Waals surface area contributed by atoms with Gasteiger partial charge < -0.3 is 0 Å². The van der Waals surface area contributed by atoms with Crippen molar-refractivity contribution in [3.63, 3.8) is 0 Å². The molecule has 0 N–H and O–H groups in total. The third-order valence-corrected chi connectivity index (χ3v) is 5.02. The lowest BCUT2D eigenvalue weighted by atomic mass is 10.2. The number of imidazole rings is 1. The number of hydrogen-bond acceptors (Lipinski definition) is 3. The van der Waals surface area contributed by atoms with Crippen LogP contribution in [0.25, 0.3) is 16.2 Å². The minimum Gasteiger partial charge on any atom is -0.217 e. The first kappa shape index (κ1) is 11.7. The summed E-state index contributed by atoms with van der Waals surface area (Å²) in [5.74, 6) is 0.667. The highest BCUT2D eigenvalue weighted by molar-refractivity contribution is 7.16. The van der Waals surface area contributed by atoms with E-state index >= 15 is 0 Å². The van der Waals surface area contributed by atoms with Gasteiger partial charge in [0.1, 0.15) is 5.01 Å². The van der Waals surface area contributed by atoms with E-state index in [2.05, 4.69) is 10.1 Å². The van der Waals surface area contributed by atoms with Crippen LogP contribution in [0.3, 0.4) is 0 Å². The molecule has 0 radical (unpaired) electrons. The van der Waals surface area contributed by atoms with Gasteiger partial charge in [-0.3, -0.25) is 0 Å². The number of halogens is 2. The molecule has 1 fully saturated rings. The molecular weight excluding hydrogens is 301 g/mol. The molecule has 0 bridgehead atoms. The van der Waals surface area contributed by atoms with Crippen LogP contribution in [0.4, 0.5) is 0 Å². The van der Waals surface area contributed by atoms with Crippen LogP contribution in [0.1, 0.15) is 23.8 Å². The fourth-order valence-electron chi connectivity index (χ4n) is 2.01. The molecule has 0 spiro atoms. The van der Waals surface area contributed by atoms with Gasteiger partial charge in [-0.25, -0.2) is 9.50 Å². The van der Waals surface area contributed by atoms with Gasteiger partial charge in [0.15, 0.2) is 0 Å². The van der Waals surface area contributed by atoms with Crippen molar-refractivity contribution in [2.24, 2.45) is 0 Å². The summed E-state index contributed by atoms with van der Waals surface area (Å²) >= 11 is 13.6. The van der Waals surface area contributed by atoms with Crippen LogP contribution in [0, 0.1) is 0 Å². The van der Waals surface area contributed by atoms with Crippen LogP contribution in [-0.2, 0) is 0 Å². The molecule has 4 rings (SSSR count). The second-order valence-corrected chi connectivity index (χ2v) is 6.50. The summed E-state index contributed by atoms with van der Waals surface area (Å²) in [6.45, 7) is 0. The first-order chi connectivity index (χ1) is 9.20. The summed E-state index contributed by atoms with van der Waals surface area (Å²) < 4.78 is 1.86. The zero-order chi connectivity index (χ0) is 13.0. The highest BCUT2D eigenvalue weighted by Gasteiger charge is 2.27. The number of rotatable bonds is 2. The molecule has 1 aliphatic rings. The van der Waals surface area contributed by atoms with Gasteiger partial charge in [-0.15, -0.1) is 0 Å². The van der Waals surface area contributed by atoms with Crippen molar-refractivity contribution in [2.45, 2.75) is 18.8 Å². The number of benzene rings is 1. The number of fused-ring (bicyclic) bond motifs is 1. The van der Waals surface area contributed by atoms with E-state index in [1.54, 1.807) is 17.4 Å². The normalized spacial score (nSPS) is 15.3. The molecular formula is C13H9Cl2N3S. The SMILES string of the molecule is Clc1ccc(-c2cn3nc(C4CC4)sc3n2)cc1Cl. The van der Waals surface area contributed by atoms with E-state index in [4.69, 9.17) is 23.2 Å². The third kappa shape index (κ3) is 2.04. The lowest BCUT2D eigenvalue weighted by Gasteiger charge is -1.98. The molecule has 0 amide bonds. The maximum absolute atomic E-state index is 6.03. The molecule has 3 nitrogen and oxygen atoms in total. The lowest BCUT2D eigenvalue weighted by molar-refractivity contribution is 0.905. The number of nitrogens with zero attached hydrogens (tertiary/aromatic N) is 3. The van der Waals surface area contributed by atoms with E-state index in [0.717, 1.165) is 16.2 Å². The van der Waals surface area contributed by atoms with Gasteiger partial charge in [0, 0.05) is 11.5 Å². The molecule has 0 unspecified atom stereocenters. The van der Waals surface area contributed by atoms with Crippen LogP contribution in [0.5, 0.6) is 0 Å². The summed E-state index contributed by atoms with van der Waals surface area (Å²) in [5.41, 5.74) is 1.83. The first-order valence-electron chi connectivity index (χ1n) is 6.02. The van der Waals surface area contributed by atoms with Crippen molar-refractivity contribution in [1.29, 1.82) is 0 Å². The highest BCUT2D eigenvalue weighted by atomic mass is 35.5. The van der Waals surface area contributed by atoms with Crippen LogP contribution in [0.2, 0.25) is 10.0 Å². The van der Waals surface area contributed by atoms with Crippen LogP contribution < -0.4 is 0 Å². The van der Waals surface area contributed by atoms with Gasteiger partial charge in [-0.2, -0.15) is 5.10 Å². The van der Waals surface area contributed by atoms with Gasteiger partial charge in [0.25, 0.3) is 0 Å². The van der Waals surface area contributed by atoms with Gasteiger partial charge in [-0.1, -0.05) is 40.6 Å². The van der Waals surface area contributed by atoms with E-state index in [0.29, 0.717) is 16.0 Å². The average molecular weight is 310 g/mol.